The van der Waals surface area contributed by atoms with Gasteiger partial charge in [0.05, 0.1) is 18.8 Å². The van der Waals surface area contributed by atoms with Gasteiger partial charge in [-0.3, -0.25) is 0 Å². The number of unbranched alkanes of at least 4 members (excludes halogenated alkanes) is 8. The molecule has 0 bridgehead atoms. The average molecular weight is 671 g/mol. The number of fused-ring (bicyclic) bond motifs is 5. The Morgan fingerprint density at radius 3 is 2.23 bits per heavy atom. The Bertz CT molecular complexity index is 912. The molecule has 4 aliphatic carbocycles. The molecule has 48 heavy (non-hydrogen) atoms. The van der Waals surface area contributed by atoms with E-state index in [0.29, 0.717) is 16.9 Å². The van der Waals surface area contributed by atoms with Gasteiger partial charge in [-0.1, -0.05) is 124 Å². The predicted octanol–water partition coefficient (Wildman–Crippen LogP) is 13.1. The highest BCUT2D eigenvalue weighted by atomic mass is 16.5. The fourth-order valence-electron chi connectivity index (χ4n) is 11.3. The number of allylic oxidation sites excluding steroid dienone is 1. The minimum Gasteiger partial charge on any atom is -0.379 e. The summed E-state index contributed by atoms with van der Waals surface area (Å²) in [5, 5.41) is 0. The third kappa shape index (κ3) is 11.1. The van der Waals surface area contributed by atoms with Crippen molar-refractivity contribution in [2.75, 3.05) is 26.4 Å². The van der Waals surface area contributed by atoms with Gasteiger partial charge in [0, 0.05) is 19.8 Å². The van der Waals surface area contributed by atoms with E-state index in [0.717, 1.165) is 74.8 Å². The fraction of sp³-hybridized carbons (Fsp3) is 0.956. The summed E-state index contributed by atoms with van der Waals surface area (Å²) in [5.74, 6) is 5.50. The second-order valence-electron chi connectivity index (χ2n) is 18.2. The van der Waals surface area contributed by atoms with Gasteiger partial charge in [-0.05, 0) is 123 Å². The molecule has 0 aromatic carbocycles. The molecule has 280 valence electrons. The zero-order chi connectivity index (χ0) is 34.4. The summed E-state index contributed by atoms with van der Waals surface area (Å²) in [6.07, 6.45) is 32.7. The molecule has 0 aromatic rings. The van der Waals surface area contributed by atoms with Gasteiger partial charge in [0.2, 0.25) is 0 Å². The van der Waals surface area contributed by atoms with Crippen molar-refractivity contribution in [3.05, 3.63) is 11.6 Å². The first-order valence-corrected chi connectivity index (χ1v) is 21.7. The first-order valence-electron chi connectivity index (χ1n) is 21.7. The van der Waals surface area contributed by atoms with E-state index in [4.69, 9.17) is 14.2 Å². The van der Waals surface area contributed by atoms with Gasteiger partial charge >= 0.3 is 0 Å². The Morgan fingerprint density at radius 1 is 0.750 bits per heavy atom. The van der Waals surface area contributed by atoms with Gasteiger partial charge < -0.3 is 14.2 Å². The van der Waals surface area contributed by atoms with E-state index >= 15 is 0 Å². The molecule has 0 N–H and O–H groups in total. The molecule has 3 nitrogen and oxygen atoms in total. The molecule has 4 aliphatic rings. The second kappa shape index (κ2) is 20.6. The van der Waals surface area contributed by atoms with Crippen LogP contribution in [0.15, 0.2) is 11.6 Å². The molecule has 0 amide bonds. The minimum absolute atomic E-state index is 0.260. The summed E-state index contributed by atoms with van der Waals surface area (Å²) in [5.41, 5.74) is 2.80. The van der Waals surface area contributed by atoms with E-state index in [2.05, 4.69) is 54.5 Å². The molecule has 0 aliphatic heterocycles. The molecule has 0 saturated heterocycles. The van der Waals surface area contributed by atoms with Gasteiger partial charge in [-0.25, -0.2) is 0 Å². The Hall–Kier alpha value is -0.380. The van der Waals surface area contributed by atoms with Crippen LogP contribution in [0.25, 0.3) is 0 Å². The molecular weight excluding hydrogens is 588 g/mol. The topological polar surface area (TPSA) is 27.7 Å². The molecule has 0 heterocycles. The lowest BCUT2D eigenvalue weighted by atomic mass is 9.47. The first-order chi connectivity index (χ1) is 23.2. The maximum absolute atomic E-state index is 6.55. The quantitative estimate of drug-likeness (QED) is 0.0755. The van der Waals surface area contributed by atoms with Crippen molar-refractivity contribution >= 4 is 0 Å². The second-order valence-corrected chi connectivity index (χ2v) is 18.2. The van der Waals surface area contributed by atoms with Crippen LogP contribution in [0.2, 0.25) is 0 Å². The fourth-order valence-corrected chi connectivity index (χ4v) is 11.3. The van der Waals surface area contributed by atoms with Crippen molar-refractivity contribution in [2.45, 2.75) is 202 Å². The molecule has 0 unspecified atom stereocenters. The number of hydrogen-bond donors (Lipinski definition) is 0. The van der Waals surface area contributed by atoms with Gasteiger partial charge in [0.1, 0.15) is 0 Å². The standard InChI is InChI=1S/C45H82O3/c1-8-10-11-12-13-16-30-46-34-38(9-2)47-31-17-14-15-18-32-48-39-26-28-44(6)37(33-39)22-23-40-42-25-24-41(36(5)21-19-20-35(3)4)45(42,7)29-27-43(40)44/h22,35-36,38-43H,8-21,23-34H2,1-7H3/t36-,38-,39+,40+,41-,42+,43+,44+,45-/m1/s1. The molecule has 3 saturated carbocycles. The van der Waals surface area contributed by atoms with Gasteiger partial charge in [0.25, 0.3) is 0 Å². The van der Waals surface area contributed by atoms with Crippen LogP contribution in [0.1, 0.15) is 190 Å². The summed E-state index contributed by atoms with van der Waals surface area (Å²) in [6.45, 7) is 20.7. The van der Waals surface area contributed by atoms with Crippen molar-refractivity contribution in [1.82, 2.24) is 0 Å². The smallest absolute Gasteiger partial charge is 0.0805 e. The van der Waals surface area contributed by atoms with E-state index in [1.165, 1.54) is 128 Å². The van der Waals surface area contributed by atoms with E-state index in [1.807, 2.05) is 0 Å². The molecule has 3 heteroatoms. The third-order valence-corrected chi connectivity index (χ3v) is 14.4. The van der Waals surface area contributed by atoms with E-state index in [-0.39, 0.29) is 6.10 Å². The molecule has 3 fully saturated rings. The zero-order valence-corrected chi connectivity index (χ0v) is 33.3. The van der Waals surface area contributed by atoms with Crippen LogP contribution >= 0.6 is 0 Å². The first kappa shape index (κ1) is 40.4. The zero-order valence-electron chi connectivity index (χ0n) is 33.3. The van der Waals surface area contributed by atoms with Crippen molar-refractivity contribution in [3.63, 3.8) is 0 Å². The van der Waals surface area contributed by atoms with Gasteiger partial charge in [-0.15, -0.1) is 0 Å². The van der Waals surface area contributed by atoms with Crippen LogP contribution in [-0.2, 0) is 14.2 Å². The lowest BCUT2D eigenvalue weighted by molar-refractivity contribution is -0.0641. The van der Waals surface area contributed by atoms with Gasteiger partial charge in [-0.2, -0.15) is 0 Å². The molecule has 0 radical (unpaired) electrons. The van der Waals surface area contributed by atoms with Crippen LogP contribution in [-0.4, -0.2) is 38.6 Å². The third-order valence-electron chi connectivity index (χ3n) is 14.4. The normalized spacial score (nSPS) is 32.8. The summed E-state index contributed by atoms with van der Waals surface area (Å²) < 4.78 is 18.6. The van der Waals surface area contributed by atoms with Crippen LogP contribution in [0.5, 0.6) is 0 Å². The number of hydrogen-bond acceptors (Lipinski definition) is 3. The van der Waals surface area contributed by atoms with Gasteiger partial charge in [0.15, 0.2) is 0 Å². The highest BCUT2D eigenvalue weighted by Gasteiger charge is 2.59. The van der Waals surface area contributed by atoms with E-state index < -0.39 is 0 Å². The number of rotatable bonds is 24. The average Bonchev–Trinajstić information content (AvgIpc) is 3.43. The largest absolute Gasteiger partial charge is 0.379 e. The van der Waals surface area contributed by atoms with Crippen LogP contribution in [0, 0.1) is 46.3 Å². The summed E-state index contributed by atoms with van der Waals surface area (Å²) in [4.78, 5) is 0. The SMILES string of the molecule is CCCCCCCCOC[C@@H](CC)OCCCCCCO[C@H]1CC[C@@]2(C)C(=CC[C@H]3[C@@H]4CC[C@H]([C@H](C)CCCC(C)C)[C@@]4(C)CC[C@@H]32)C1. The van der Waals surface area contributed by atoms with Crippen molar-refractivity contribution in [2.24, 2.45) is 46.3 Å². The monoisotopic (exact) mass is 671 g/mol. The van der Waals surface area contributed by atoms with E-state index in [9.17, 15) is 0 Å². The van der Waals surface area contributed by atoms with E-state index in [1.54, 1.807) is 5.57 Å². The highest BCUT2D eigenvalue weighted by molar-refractivity contribution is 5.25. The van der Waals surface area contributed by atoms with Crippen molar-refractivity contribution < 1.29 is 14.2 Å². The summed E-state index contributed by atoms with van der Waals surface area (Å²) in [7, 11) is 0. The highest BCUT2D eigenvalue weighted by Crippen LogP contribution is 2.67. The maximum Gasteiger partial charge on any atom is 0.0805 e. The molecular formula is C45H82O3. The Kier molecular flexibility index (Phi) is 17.3. The van der Waals surface area contributed by atoms with Crippen LogP contribution < -0.4 is 0 Å². The van der Waals surface area contributed by atoms with Crippen molar-refractivity contribution in [3.8, 4) is 0 Å². The Morgan fingerprint density at radius 2 is 1.48 bits per heavy atom. The lowest BCUT2D eigenvalue weighted by Gasteiger charge is -2.58. The minimum atomic E-state index is 0.260. The summed E-state index contributed by atoms with van der Waals surface area (Å²) >= 11 is 0. The Labute approximate surface area is 299 Å². The summed E-state index contributed by atoms with van der Waals surface area (Å²) in [6, 6.07) is 0. The Balaban J connectivity index is 1.09. The molecule has 0 aromatic heterocycles. The number of ether oxygens (including phenoxy) is 3. The predicted molar refractivity (Wildman–Crippen MR) is 205 cm³/mol. The van der Waals surface area contributed by atoms with Crippen molar-refractivity contribution in [1.29, 1.82) is 0 Å². The van der Waals surface area contributed by atoms with Crippen LogP contribution in [0.4, 0.5) is 0 Å². The lowest BCUT2D eigenvalue weighted by Crippen LogP contribution is -2.51. The molecule has 0 spiro atoms. The van der Waals surface area contributed by atoms with Crippen LogP contribution in [0.3, 0.4) is 0 Å². The molecule has 9 atom stereocenters. The molecule has 4 rings (SSSR count). The maximum atomic E-state index is 6.55.